The molecule has 15 heavy (non-hydrogen) atoms. The molecule has 0 saturated heterocycles. The second-order valence-electron chi connectivity index (χ2n) is 2.15. The van der Waals surface area contributed by atoms with Gasteiger partial charge in [-0.05, 0) is 0 Å². The monoisotopic (exact) mass is 215 g/mol. The molecule has 80 valence electrons. The maximum absolute atomic E-state index is 10.5. The van der Waals surface area contributed by atoms with Crippen LogP contribution in [0.5, 0.6) is 0 Å². The molecule has 0 spiro atoms. The average Bonchev–Trinajstić information content (AvgIpc) is 2.13. The SMILES string of the molecule is O=C=NN(N=C=O)[C@@H](CC(=O)O)C(=O)O. The van der Waals surface area contributed by atoms with Gasteiger partial charge in [0.15, 0.2) is 6.04 Å². The first-order valence-corrected chi connectivity index (χ1v) is 3.42. The summed E-state index contributed by atoms with van der Waals surface area (Å²) in [7, 11) is 0. The molecule has 2 N–H and O–H groups in total. The number of aliphatic carboxylic acids is 2. The van der Waals surface area contributed by atoms with Crippen molar-refractivity contribution in [3.05, 3.63) is 0 Å². The molecule has 1 atom stereocenters. The number of nitrogens with zero attached hydrogens (tertiary/aromatic N) is 3. The molecule has 0 radical (unpaired) electrons. The number of carbonyl (C=O) groups is 2. The van der Waals surface area contributed by atoms with Gasteiger partial charge in [0.25, 0.3) is 12.2 Å². The highest BCUT2D eigenvalue weighted by Gasteiger charge is 2.28. The second kappa shape index (κ2) is 6.03. The Kier molecular flexibility index (Phi) is 5.03. The summed E-state index contributed by atoms with van der Waals surface area (Å²) < 4.78 is 0. The highest BCUT2D eigenvalue weighted by atomic mass is 16.4. The highest BCUT2D eigenvalue weighted by molar-refractivity contribution is 5.80. The molecule has 0 saturated carbocycles. The van der Waals surface area contributed by atoms with Crippen LogP contribution in [0.3, 0.4) is 0 Å². The smallest absolute Gasteiger partial charge is 0.331 e. The van der Waals surface area contributed by atoms with E-state index in [0.29, 0.717) is 0 Å². The minimum atomic E-state index is -1.76. The van der Waals surface area contributed by atoms with Crippen molar-refractivity contribution in [1.29, 1.82) is 0 Å². The Morgan fingerprint density at radius 2 is 1.67 bits per heavy atom. The molecular formula is C6H5N3O6. The van der Waals surface area contributed by atoms with Crippen molar-refractivity contribution in [2.45, 2.75) is 12.5 Å². The number of hydrogen-bond donors (Lipinski definition) is 2. The minimum absolute atomic E-state index is 0.121. The van der Waals surface area contributed by atoms with Gasteiger partial charge in [0.2, 0.25) is 0 Å². The molecule has 0 aliphatic heterocycles. The van der Waals surface area contributed by atoms with Crippen LogP contribution >= 0.6 is 0 Å². The van der Waals surface area contributed by atoms with Gasteiger partial charge in [-0.3, -0.25) is 4.79 Å². The van der Waals surface area contributed by atoms with Gasteiger partial charge in [0.1, 0.15) is 0 Å². The first-order valence-electron chi connectivity index (χ1n) is 3.42. The molecule has 0 bridgehead atoms. The Morgan fingerprint density at radius 1 is 1.20 bits per heavy atom. The normalized spacial score (nSPS) is 10.4. The van der Waals surface area contributed by atoms with Crippen LogP contribution in [-0.4, -0.2) is 45.5 Å². The van der Waals surface area contributed by atoms with Gasteiger partial charge in [0.05, 0.1) is 6.42 Å². The van der Waals surface area contributed by atoms with E-state index in [0.717, 1.165) is 12.2 Å². The molecule has 9 nitrogen and oxygen atoms in total. The van der Waals surface area contributed by atoms with Gasteiger partial charge in [0, 0.05) is 0 Å². The third-order valence-corrected chi connectivity index (χ3v) is 1.22. The highest BCUT2D eigenvalue weighted by Crippen LogP contribution is 2.05. The van der Waals surface area contributed by atoms with Gasteiger partial charge in [-0.15, -0.1) is 5.12 Å². The Labute approximate surface area is 82.3 Å². The maximum atomic E-state index is 10.5. The summed E-state index contributed by atoms with van der Waals surface area (Å²) in [5.41, 5.74) is 0. The maximum Gasteiger partial charge on any atom is 0.331 e. The van der Waals surface area contributed by atoms with Crippen molar-refractivity contribution in [3.8, 4) is 0 Å². The van der Waals surface area contributed by atoms with Crippen molar-refractivity contribution >= 4 is 24.1 Å². The predicted molar refractivity (Wildman–Crippen MR) is 41.8 cm³/mol. The average molecular weight is 215 g/mol. The molecule has 0 aliphatic carbocycles. The van der Waals surface area contributed by atoms with Gasteiger partial charge < -0.3 is 10.2 Å². The fraction of sp³-hybridized carbons (Fsp3) is 0.333. The molecule has 0 rings (SSSR count). The quantitative estimate of drug-likeness (QED) is 0.319. The molecule has 0 amide bonds. The summed E-state index contributed by atoms with van der Waals surface area (Å²) in [6.07, 6.45) is 0.983. The summed E-state index contributed by atoms with van der Waals surface area (Å²) in [5, 5.41) is 22.5. The standard InChI is InChI=1S/C6H5N3O6/c10-2-7-9(8-3-11)4(6(14)15)1-5(12)13/h4H,1H2,(H,12,13)(H,14,15)/t4-/m0/s1. The first-order chi connectivity index (χ1) is 7.02. The van der Waals surface area contributed by atoms with Gasteiger partial charge >= 0.3 is 11.9 Å². The lowest BCUT2D eigenvalue weighted by Crippen LogP contribution is -2.36. The Balaban J connectivity index is 4.98. The zero-order valence-corrected chi connectivity index (χ0v) is 7.15. The Bertz CT molecular complexity index is 336. The second-order valence-corrected chi connectivity index (χ2v) is 2.15. The van der Waals surface area contributed by atoms with Crippen molar-refractivity contribution < 1.29 is 29.4 Å². The summed E-state index contributed by atoms with van der Waals surface area (Å²) in [6, 6.07) is -1.76. The molecule has 0 heterocycles. The van der Waals surface area contributed by atoms with E-state index >= 15 is 0 Å². The van der Waals surface area contributed by atoms with Crippen LogP contribution in [0.15, 0.2) is 10.2 Å². The number of hydrogen-bond acceptors (Lipinski definition) is 7. The molecule has 0 fully saturated rings. The molecule has 0 unspecified atom stereocenters. The van der Waals surface area contributed by atoms with Crippen LogP contribution < -0.4 is 0 Å². The van der Waals surface area contributed by atoms with Crippen molar-refractivity contribution in [1.82, 2.24) is 5.12 Å². The van der Waals surface area contributed by atoms with Gasteiger partial charge in [-0.1, -0.05) is 10.2 Å². The summed E-state index contributed by atoms with van der Waals surface area (Å²) in [6.45, 7) is 0. The van der Waals surface area contributed by atoms with E-state index in [1.165, 1.54) is 0 Å². The van der Waals surface area contributed by atoms with Crippen molar-refractivity contribution in [2.75, 3.05) is 0 Å². The van der Waals surface area contributed by atoms with E-state index in [1.54, 1.807) is 0 Å². The van der Waals surface area contributed by atoms with E-state index in [2.05, 4.69) is 10.2 Å². The summed E-state index contributed by atoms with van der Waals surface area (Å²) in [5.74, 6) is -3.05. The van der Waals surface area contributed by atoms with E-state index in [1.807, 2.05) is 0 Å². The largest absolute Gasteiger partial charge is 0.481 e. The summed E-state index contributed by atoms with van der Waals surface area (Å²) in [4.78, 5) is 40.5. The van der Waals surface area contributed by atoms with Crippen molar-refractivity contribution in [2.24, 2.45) is 10.2 Å². The van der Waals surface area contributed by atoms with E-state index in [4.69, 9.17) is 10.2 Å². The third-order valence-electron chi connectivity index (χ3n) is 1.22. The topological polar surface area (TPSA) is 137 Å². The lowest BCUT2D eigenvalue weighted by atomic mass is 10.2. The fourth-order valence-corrected chi connectivity index (χ4v) is 0.679. The number of isocyanates is 2. The van der Waals surface area contributed by atoms with Crippen LogP contribution in [0.2, 0.25) is 0 Å². The van der Waals surface area contributed by atoms with Crippen LogP contribution in [-0.2, 0) is 19.2 Å². The minimum Gasteiger partial charge on any atom is -0.481 e. The van der Waals surface area contributed by atoms with Gasteiger partial charge in [-0.2, -0.15) is 0 Å². The Hall–Kier alpha value is -2.50. The number of hydrazone groups is 2. The first kappa shape index (κ1) is 12.5. The van der Waals surface area contributed by atoms with Crippen LogP contribution in [0.1, 0.15) is 6.42 Å². The lowest BCUT2D eigenvalue weighted by Gasteiger charge is -2.15. The fourth-order valence-electron chi connectivity index (χ4n) is 0.679. The zero-order valence-electron chi connectivity index (χ0n) is 7.15. The Morgan fingerprint density at radius 3 is 1.93 bits per heavy atom. The van der Waals surface area contributed by atoms with E-state index < -0.39 is 24.4 Å². The van der Waals surface area contributed by atoms with Crippen LogP contribution in [0.25, 0.3) is 0 Å². The van der Waals surface area contributed by atoms with Crippen molar-refractivity contribution in [3.63, 3.8) is 0 Å². The lowest BCUT2D eigenvalue weighted by molar-refractivity contribution is -0.149. The predicted octanol–water partition coefficient (Wildman–Crippen LogP) is -1.28. The van der Waals surface area contributed by atoms with E-state index in [9.17, 15) is 19.2 Å². The van der Waals surface area contributed by atoms with Crippen LogP contribution in [0, 0.1) is 0 Å². The zero-order chi connectivity index (χ0) is 11.8. The molecular weight excluding hydrogens is 210 g/mol. The molecule has 0 aromatic rings. The van der Waals surface area contributed by atoms with Gasteiger partial charge in [-0.25, -0.2) is 14.4 Å². The molecule has 0 aromatic heterocycles. The molecule has 0 aromatic carbocycles. The number of carboxylic acid groups (broad SMARTS) is 2. The summed E-state index contributed by atoms with van der Waals surface area (Å²) >= 11 is 0. The molecule has 9 heteroatoms. The van der Waals surface area contributed by atoms with Crippen LogP contribution in [0.4, 0.5) is 0 Å². The number of carbonyl (C=O) groups excluding carboxylic acids is 2. The number of carboxylic acids is 2. The molecule has 0 aliphatic rings. The number of rotatable bonds is 6. The van der Waals surface area contributed by atoms with E-state index in [-0.39, 0.29) is 5.12 Å². The third kappa shape index (κ3) is 4.32.